The number of halogens is 2. The van der Waals surface area contributed by atoms with E-state index >= 15 is 0 Å². The Kier molecular flexibility index (Phi) is 9.46. The van der Waals surface area contributed by atoms with Gasteiger partial charge >= 0.3 is 0 Å². The fourth-order valence-electron chi connectivity index (χ4n) is 2.95. The number of ether oxygens (including phenoxy) is 3. The first-order chi connectivity index (χ1) is 16.5. The summed E-state index contributed by atoms with van der Waals surface area (Å²) in [7, 11) is 0. The van der Waals surface area contributed by atoms with E-state index in [0.717, 1.165) is 17.7 Å². The van der Waals surface area contributed by atoms with Gasteiger partial charge in [0, 0.05) is 5.56 Å². The average Bonchev–Trinajstić information content (AvgIpc) is 2.84. The van der Waals surface area contributed by atoms with Crippen molar-refractivity contribution in [1.82, 2.24) is 5.43 Å². The number of nitrogens with zero attached hydrogens (tertiary/aromatic N) is 1. The Labute approximate surface area is 206 Å². The van der Waals surface area contributed by atoms with Crippen molar-refractivity contribution in [2.45, 2.75) is 26.9 Å². The topological polar surface area (TPSA) is 69.2 Å². The van der Waals surface area contributed by atoms with Crippen LogP contribution < -0.4 is 19.6 Å². The van der Waals surface area contributed by atoms with Gasteiger partial charge in [-0.2, -0.15) is 5.10 Å². The normalized spacial score (nSPS) is 10.8. The molecule has 1 amide bonds. The lowest BCUT2D eigenvalue weighted by Crippen LogP contribution is -2.17. The van der Waals surface area contributed by atoms with Gasteiger partial charge in [-0.3, -0.25) is 4.79 Å². The molecule has 0 aliphatic carbocycles. The van der Waals surface area contributed by atoms with Crippen molar-refractivity contribution in [3.63, 3.8) is 0 Å². The quantitative estimate of drug-likeness (QED) is 0.240. The summed E-state index contributed by atoms with van der Waals surface area (Å²) in [5.41, 5.74) is 4.52. The Bertz CT molecular complexity index is 1120. The zero-order valence-corrected chi connectivity index (χ0v) is 20.6. The maximum atomic E-state index is 13.1. The smallest absolute Gasteiger partial charge is 0.271 e. The molecule has 0 saturated heterocycles. The molecule has 0 aromatic heterocycles. The summed E-state index contributed by atoms with van der Waals surface area (Å²) < 4.78 is 30.9. The zero-order valence-electron chi connectivity index (χ0n) is 19.0. The van der Waals surface area contributed by atoms with E-state index in [0.29, 0.717) is 40.3 Å². The van der Waals surface area contributed by atoms with Crippen molar-refractivity contribution in [2.75, 3.05) is 13.2 Å². The minimum Gasteiger partial charge on any atom is -0.494 e. The van der Waals surface area contributed by atoms with Crippen molar-refractivity contribution in [3.8, 4) is 17.2 Å². The van der Waals surface area contributed by atoms with E-state index in [9.17, 15) is 9.18 Å². The fraction of sp³-hybridized carbons (Fsp3) is 0.231. The van der Waals surface area contributed by atoms with Crippen LogP contribution in [0.1, 0.15) is 41.8 Å². The summed E-state index contributed by atoms with van der Waals surface area (Å²) in [6, 6.07) is 16.6. The average molecular weight is 529 g/mol. The summed E-state index contributed by atoms with van der Waals surface area (Å²) in [4.78, 5) is 12.3. The van der Waals surface area contributed by atoms with E-state index in [1.807, 2.05) is 13.8 Å². The van der Waals surface area contributed by atoms with E-state index in [-0.39, 0.29) is 18.3 Å². The van der Waals surface area contributed by atoms with Gasteiger partial charge in [0.05, 0.1) is 23.9 Å². The molecule has 3 aromatic rings. The van der Waals surface area contributed by atoms with Crippen LogP contribution in [0.5, 0.6) is 17.2 Å². The molecule has 34 heavy (non-hydrogen) atoms. The van der Waals surface area contributed by atoms with E-state index in [1.54, 1.807) is 48.5 Å². The van der Waals surface area contributed by atoms with Gasteiger partial charge in [0.25, 0.3) is 5.91 Å². The first kappa shape index (κ1) is 25.2. The molecule has 0 aliphatic heterocycles. The van der Waals surface area contributed by atoms with Gasteiger partial charge < -0.3 is 14.2 Å². The van der Waals surface area contributed by atoms with Crippen molar-refractivity contribution < 1.29 is 23.4 Å². The second kappa shape index (κ2) is 12.7. The molecule has 3 aromatic carbocycles. The number of benzene rings is 3. The zero-order chi connectivity index (χ0) is 24.3. The Morgan fingerprint density at radius 2 is 1.76 bits per heavy atom. The van der Waals surface area contributed by atoms with E-state index in [4.69, 9.17) is 14.2 Å². The monoisotopic (exact) mass is 528 g/mol. The van der Waals surface area contributed by atoms with Gasteiger partial charge in [-0.05, 0) is 88.9 Å². The molecule has 0 fully saturated rings. The maximum absolute atomic E-state index is 13.1. The molecule has 178 valence electrons. The van der Waals surface area contributed by atoms with E-state index < -0.39 is 0 Å². The second-order valence-electron chi connectivity index (χ2n) is 7.25. The first-order valence-electron chi connectivity index (χ1n) is 10.9. The minimum absolute atomic E-state index is 0.255. The summed E-state index contributed by atoms with van der Waals surface area (Å²) in [6.45, 7) is 5.23. The Balaban J connectivity index is 1.65. The molecular weight excluding hydrogens is 503 g/mol. The molecule has 0 heterocycles. The SMILES string of the molecule is CCCOc1ccc(C(=O)N/N=C/c2cc(Br)c(OCc3ccc(F)cc3)c(OCC)c2)cc1. The third-order valence-electron chi connectivity index (χ3n) is 4.60. The molecule has 0 aliphatic rings. The molecule has 0 spiro atoms. The number of amides is 1. The highest BCUT2D eigenvalue weighted by Gasteiger charge is 2.12. The van der Waals surface area contributed by atoms with Gasteiger partial charge in [0.1, 0.15) is 18.2 Å². The number of hydrogen-bond donors (Lipinski definition) is 1. The third-order valence-corrected chi connectivity index (χ3v) is 5.19. The van der Waals surface area contributed by atoms with Crippen LogP contribution >= 0.6 is 15.9 Å². The molecular formula is C26H26BrFN2O4. The Hall–Kier alpha value is -3.39. The lowest BCUT2D eigenvalue weighted by molar-refractivity contribution is 0.0955. The van der Waals surface area contributed by atoms with Crippen LogP contribution in [-0.2, 0) is 6.61 Å². The Morgan fingerprint density at radius 3 is 2.44 bits per heavy atom. The van der Waals surface area contributed by atoms with E-state index in [2.05, 4.69) is 26.5 Å². The second-order valence-corrected chi connectivity index (χ2v) is 8.10. The van der Waals surface area contributed by atoms with Gasteiger partial charge in [0.15, 0.2) is 11.5 Å². The third kappa shape index (κ3) is 7.31. The standard InChI is InChI=1S/C26H26BrFN2O4/c1-3-13-33-22-11-7-20(8-12-22)26(31)30-29-16-19-14-23(27)25(24(15-19)32-4-2)34-17-18-5-9-21(28)10-6-18/h5-12,14-16H,3-4,13,17H2,1-2H3,(H,30,31)/b29-16+. The number of carbonyl (C=O) groups is 1. The first-order valence-corrected chi connectivity index (χ1v) is 11.7. The number of hydrogen-bond acceptors (Lipinski definition) is 5. The van der Waals surface area contributed by atoms with Crippen LogP contribution in [0.2, 0.25) is 0 Å². The van der Waals surface area contributed by atoms with Crippen LogP contribution in [0.4, 0.5) is 4.39 Å². The van der Waals surface area contributed by atoms with Gasteiger partial charge in [-0.25, -0.2) is 9.82 Å². The van der Waals surface area contributed by atoms with Crippen molar-refractivity contribution >= 4 is 28.1 Å². The molecule has 1 N–H and O–H groups in total. The summed E-state index contributed by atoms with van der Waals surface area (Å²) >= 11 is 3.51. The maximum Gasteiger partial charge on any atom is 0.271 e. The molecule has 0 atom stereocenters. The molecule has 6 nitrogen and oxygen atoms in total. The molecule has 0 radical (unpaired) electrons. The molecule has 8 heteroatoms. The summed E-state index contributed by atoms with van der Waals surface area (Å²) in [5.74, 6) is 1.14. The summed E-state index contributed by atoms with van der Waals surface area (Å²) in [5, 5.41) is 4.06. The number of rotatable bonds is 11. The number of hydrazone groups is 1. The van der Waals surface area contributed by atoms with Crippen molar-refractivity contribution in [1.29, 1.82) is 0 Å². The highest BCUT2D eigenvalue weighted by atomic mass is 79.9. The molecule has 0 saturated carbocycles. The predicted molar refractivity (Wildman–Crippen MR) is 133 cm³/mol. The minimum atomic E-state index is -0.332. The van der Waals surface area contributed by atoms with Crippen molar-refractivity contribution in [2.24, 2.45) is 5.10 Å². The molecule has 0 bridgehead atoms. The highest BCUT2D eigenvalue weighted by Crippen LogP contribution is 2.37. The number of nitrogens with one attached hydrogen (secondary N) is 1. The molecule has 3 rings (SSSR count). The lowest BCUT2D eigenvalue weighted by atomic mass is 10.2. The lowest BCUT2D eigenvalue weighted by Gasteiger charge is -2.14. The van der Waals surface area contributed by atoms with Crippen LogP contribution in [0.25, 0.3) is 0 Å². The molecule has 0 unspecified atom stereocenters. The van der Waals surface area contributed by atoms with Crippen LogP contribution in [-0.4, -0.2) is 25.3 Å². The van der Waals surface area contributed by atoms with Crippen LogP contribution in [0.15, 0.2) is 70.2 Å². The van der Waals surface area contributed by atoms with Crippen LogP contribution in [0, 0.1) is 5.82 Å². The largest absolute Gasteiger partial charge is 0.494 e. The van der Waals surface area contributed by atoms with Gasteiger partial charge in [0.2, 0.25) is 0 Å². The summed E-state index contributed by atoms with van der Waals surface area (Å²) in [6.07, 6.45) is 2.44. The Morgan fingerprint density at radius 1 is 1.03 bits per heavy atom. The van der Waals surface area contributed by atoms with Gasteiger partial charge in [-0.15, -0.1) is 0 Å². The fourth-order valence-corrected chi connectivity index (χ4v) is 3.53. The highest BCUT2D eigenvalue weighted by molar-refractivity contribution is 9.10. The van der Waals surface area contributed by atoms with Crippen molar-refractivity contribution in [3.05, 3.63) is 87.6 Å². The predicted octanol–water partition coefficient (Wildman–Crippen LogP) is 6.12. The van der Waals surface area contributed by atoms with Gasteiger partial charge in [-0.1, -0.05) is 19.1 Å². The number of carbonyl (C=O) groups excluding carboxylic acids is 1. The van der Waals surface area contributed by atoms with Crippen LogP contribution in [0.3, 0.4) is 0 Å². The van der Waals surface area contributed by atoms with E-state index in [1.165, 1.54) is 18.3 Å².